The van der Waals surface area contributed by atoms with Gasteiger partial charge in [-0.05, 0) is 37.3 Å². The van der Waals surface area contributed by atoms with Crippen molar-refractivity contribution in [2.24, 2.45) is 5.92 Å². The third-order valence-corrected chi connectivity index (χ3v) is 4.67. The fourth-order valence-electron chi connectivity index (χ4n) is 3.20. The Morgan fingerprint density at radius 1 is 0.969 bits per heavy atom. The molecule has 4 rings (SSSR count). The summed E-state index contributed by atoms with van der Waals surface area (Å²) in [6.07, 6.45) is 6.33. The molecule has 0 bridgehead atoms. The number of imidazole rings is 1. The zero-order valence-electron chi connectivity index (χ0n) is 17.1. The van der Waals surface area contributed by atoms with Crippen molar-refractivity contribution < 1.29 is 14.0 Å². The smallest absolute Gasteiger partial charge is 0.242 e. The van der Waals surface area contributed by atoms with E-state index in [0.717, 1.165) is 5.56 Å². The minimum atomic E-state index is -1.30. The highest BCUT2D eigenvalue weighted by atomic mass is 16.3. The summed E-state index contributed by atoms with van der Waals surface area (Å²) in [4.78, 5) is 37.0. The van der Waals surface area contributed by atoms with Crippen LogP contribution in [0.2, 0.25) is 0 Å². The molecule has 1 unspecified atom stereocenters. The van der Waals surface area contributed by atoms with Crippen molar-refractivity contribution in [3.63, 3.8) is 0 Å². The lowest BCUT2D eigenvalue weighted by Crippen LogP contribution is -2.38. The van der Waals surface area contributed by atoms with E-state index in [2.05, 4.69) is 25.6 Å². The molecular weight excluding hydrogens is 408 g/mol. The molecule has 4 aromatic rings. The number of H-pyrrole nitrogens is 1. The molecule has 32 heavy (non-hydrogen) atoms. The lowest BCUT2D eigenvalue weighted by Gasteiger charge is -2.16. The van der Waals surface area contributed by atoms with Gasteiger partial charge in [0.1, 0.15) is 12.1 Å². The number of rotatable bonds is 7. The molecule has 160 valence electrons. The number of aromatic amines is 1. The fourth-order valence-corrected chi connectivity index (χ4v) is 3.20. The van der Waals surface area contributed by atoms with E-state index in [1.165, 1.54) is 19.4 Å². The number of hydrogen-bond acceptors (Lipinski definition) is 6. The molecule has 2 amide bonds. The molecular formula is C23H20N6O3. The maximum Gasteiger partial charge on any atom is 0.242 e. The van der Waals surface area contributed by atoms with Gasteiger partial charge in [-0.25, -0.2) is 9.97 Å². The SMILES string of the molecule is CC(=N)C(C(=O)Nc1cccc(-c2ncc[nH]2)c1)C(=O)Nc1cccc(-c2ncco2)c1. The normalized spacial score (nSPS) is 11.5. The largest absolute Gasteiger partial charge is 0.445 e. The lowest BCUT2D eigenvalue weighted by atomic mass is 10.0. The van der Waals surface area contributed by atoms with Crippen LogP contribution < -0.4 is 10.6 Å². The number of hydrogen-bond donors (Lipinski definition) is 4. The van der Waals surface area contributed by atoms with Gasteiger partial charge in [-0.1, -0.05) is 18.2 Å². The summed E-state index contributed by atoms with van der Waals surface area (Å²) in [7, 11) is 0. The number of carbonyl (C=O) groups excluding carboxylic acids is 2. The van der Waals surface area contributed by atoms with E-state index in [4.69, 9.17) is 9.83 Å². The first-order chi connectivity index (χ1) is 15.5. The highest BCUT2D eigenvalue weighted by Gasteiger charge is 2.29. The Bertz CT molecular complexity index is 1160. The number of oxazole rings is 1. The topological polar surface area (TPSA) is 137 Å². The average molecular weight is 428 g/mol. The van der Waals surface area contributed by atoms with Crippen LogP contribution in [0, 0.1) is 11.3 Å². The predicted molar refractivity (Wildman–Crippen MR) is 120 cm³/mol. The standard InChI is InChI=1S/C23H20N6O3/c1-14(24)19(21(30)28-17-6-2-4-15(12-17)20-25-8-9-26-20)22(31)29-18-7-3-5-16(13-18)23-27-10-11-32-23/h2-13,19,24H,1H3,(H,25,26)(H,28,30)(H,29,31). The molecule has 9 heteroatoms. The zero-order valence-corrected chi connectivity index (χ0v) is 17.1. The number of nitrogens with one attached hydrogen (secondary N) is 4. The van der Waals surface area contributed by atoms with Crippen molar-refractivity contribution >= 4 is 28.9 Å². The summed E-state index contributed by atoms with van der Waals surface area (Å²) >= 11 is 0. The fraction of sp³-hybridized carbons (Fsp3) is 0.0870. The van der Waals surface area contributed by atoms with Gasteiger partial charge >= 0.3 is 0 Å². The van der Waals surface area contributed by atoms with Crippen molar-refractivity contribution in [2.75, 3.05) is 10.6 Å². The molecule has 0 fully saturated rings. The minimum absolute atomic E-state index is 0.0777. The van der Waals surface area contributed by atoms with Gasteiger partial charge in [-0.15, -0.1) is 0 Å². The Balaban J connectivity index is 1.49. The first kappa shape index (κ1) is 20.7. The summed E-state index contributed by atoms with van der Waals surface area (Å²) in [6, 6.07) is 14.0. The number of anilines is 2. The van der Waals surface area contributed by atoms with Crippen molar-refractivity contribution in [3.8, 4) is 22.8 Å². The molecule has 2 aromatic heterocycles. The summed E-state index contributed by atoms with van der Waals surface area (Å²) in [5.74, 6) is -1.44. The van der Waals surface area contributed by atoms with Crippen LogP contribution in [0.5, 0.6) is 0 Å². The van der Waals surface area contributed by atoms with Crippen molar-refractivity contribution in [1.82, 2.24) is 15.0 Å². The maximum atomic E-state index is 12.9. The molecule has 9 nitrogen and oxygen atoms in total. The summed E-state index contributed by atoms with van der Waals surface area (Å²) in [5.41, 5.74) is 2.34. The van der Waals surface area contributed by atoms with E-state index in [-0.39, 0.29) is 5.71 Å². The predicted octanol–water partition coefficient (Wildman–Crippen LogP) is 3.96. The second kappa shape index (κ2) is 9.09. The summed E-state index contributed by atoms with van der Waals surface area (Å²) in [6.45, 7) is 1.42. The van der Waals surface area contributed by atoms with E-state index in [1.807, 2.05) is 6.07 Å². The molecule has 1 atom stereocenters. The van der Waals surface area contributed by atoms with Crippen LogP contribution in [0.1, 0.15) is 6.92 Å². The minimum Gasteiger partial charge on any atom is -0.445 e. The van der Waals surface area contributed by atoms with Gasteiger partial charge in [-0.2, -0.15) is 0 Å². The molecule has 4 N–H and O–H groups in total. The van der Waals surface area contributed by atoms with Crippen LogP contribution in [0.15, 0.2) is 77.8 Å². The van der Waals surface area contributed by atoms with Crippen molar-refractivity contribution in [1.29, 1.82) is 5.41 Å². The van der Waals surface area contributed by atoms with Gasteiger partial charge in [0, 0.05) is 40.6 Å². The maximum absolute atomic E-state index is 12.9. The molecule has 2 aromatic carbocycles. The molecule has 0 aliphatic rings. The quantitative estimate of drug-likeness (QED) is 0.261. The van der Waals surface area contributed by atoms with Gasteiger partial charge in [-0.3, -0.25) is 9.59 Å². The second-order valence-corrected chi connectivity index (χ2v) is 7.03. The van der Waals surface area contributed by atoms with Gasteiger partial charge in [0.05, 0.1) is 6.20 Å². The third-order valence-electron chi connectivity index (χ3n) is 4.67. The molecule has 0 saturated carbocycles. The number of aromatic nitrogens is 3. The Kier molecular flexibility index (Phi) is 5.89. The molecule has 0 aliphatic carbocycles. The Morgan fingerprint density at radius 2 is 1.62 bits per heavy atom. The van der Waals surface area contributed by atoms with Gasteiger partial charge in [0.15, 0.2) is 5.92 Å². The molecule has 0 spiro atoms. The Labute approximate surface area is 183 Å². The van der Waals surface area contributed by atoms with Gasteiger partial charge in [0.25, 0.3) is 0 Å². The van der Waals surface area contributed by atoms with Crippen LogP contribution in [0.25, 0.3) is 22.8 Å². The first-order valence-corrected chi connectivity index (χ1v) is 9.78. The van der Waals surface area contributed by atoms with Crippen molar-refractivity contribution in [2.45, 2.75) is 6.92 Å². The summed E-state index contributed by atoms with van der Waals surface area (Å²) in [5, 5.41) is 13.4. The number of carbonyl (C=O) groups is 2. The number of nitrogens with zero attached hydrogens (tertiary/aromatic N) is 2. The van der Waals surface area contributed by atoms with E-state index in [0.29, 0.717) is 28.7 Å². The highest BCUT2D eigenvalue weighted by molar-refractivity contribution is 6.24. The van der Waals surface area contributed by atoms with Crippen molar-refractivity contribution in [3.05, 3.63) is 73.4 Å². The third kappa shape index (κ3) is 4.62. The van der Waals surface area contributed by atoms with Crippen LogP contribution in [0.4, 0.5) is 11.4 Å². The molecule has 0 saturated heterocycles. The molecule has 2 heterocycles. The Morgan fingerprint density at radius 3 is 2.19 bits per heavy atom. The van der Waals surface area contributed by atoms with Crippen LogP contribution >= 0.6 is 0 Å². The van der Waals surface area contributed by atoms with E-state index < -0.39 is 17.7 Å². The monoisotopic (exact) mass is 428 g/mol. The van der Waals surface area contributed by atoms with E-state index in [1.54, 1.807) is 54.9 Å². The molecule has 0 aliphatic heterocycles. The van der Waals surface area contributed by atoms with Crippen LogP contribution in [0.3, 0.4) is 0 Å². The van der Waals surface area contributed by atoms with E-state index in [9.17, 15) is 9.59 Å². The van der Waals surface area contributed by atoms with Crippen LogP contribution in [-0.2, 0) is 9.59 Å². The van der Waals surface area contributed by atoms with Gasteiger partial charge < -0.3 is 25.4 Å². The molecule has 0 radical (unpaired) electrons. The zero-order chi connectivity index (χ0) is 22.5. The highest BCUT2D eigenvalue weighted by Crippen LogP contribution is 2.22. The number of amides is 2. The summed E-state index contributed by atoms with van der Waals surface area (Å²) < 4.78 is 5.28. The van der Waals surface area contributed by atoms with Crippen LogP contribution in [-0.4, -0.2) is 32.5 Å². The van der Waals surface area contributed by atoms with Gasteiger partial charge in [0.2, 0.25) is 17.7 Å². The number of benzene rings is 2. The van der Waals surface area contributed by atoms with E-state index >= 15 is 0 Å². The first-order valence-electron chi connectivity index (χ1n) is 9.78. The second-order valence-electron chi connectivity index (χ2n) is 7.03. The average Bonchev–Trinajstić information content (AvgIpc) is 3.48. The Hall–Kier alpha value is -4.53. The lowest BCUT2D eigenvalue weighted by molar-refractivity contribution is -0.126.